The first-order valence-corrected chi connectivity index (χ1v) is 5.39. The molecule has 0 unspecified atom stereocenters. The van der Waals surface area contributed by atoms with Crippen molar-refractivity contribution >= 4 is 47.2 Å². The van der Waals surface area contributed by atoms with E-state index in [2.05, 4.69) is 0 Å². The van der Waals surface area contributed by atoms with Crippen molar-refractivity contribution in [3.05, 3.63) is 0 Å². The van der Waals surface area contributed by atoms with Gasteiger partial charge in [-0.25, -0.2) is 0 Å². The Bertz CT molecular complexity index is 301. The van der Waals surface area contributed by atoms with Crippen LogP contribution >= 0.6 is 0 Å². The molecule has 0 aliphatic heterocycles. The predicted octanol–water partition coefficient (Wildman–Crippen LogP) is -15.3. The fourth-order valence-corrected chi connectivity index (χ4v) is 0. The average Bonchev–Trinajstić information content (AvgIpc) is 2.56. The first-order chi connectivity index (χ1) is 11.4. The van der Waals surface area contributed by atoms with Crippen molar-refractivity contribution in [3.8, 4) is 0 Å². The molecular formula is C10H17AlClNaO15. The molecule has 0 aliphatic rings. The molecule has 5 N–H and O–H groups in total. The van der Waals surface area contributed by atoms with Crippen molar-refractivity contribution in [3.63, 3.8) is 0 Å². The van der Waals surface area contributed by atoms with Crippen molar-refractivity contribution in [2.45, 2.75) is 0 Å². The second-order valence-corrected chi connectivity index (χ2v) is 2.65. The number of rotatable bonds is 5. The number of halogens is 1. The Kier molecular flexibility index (Phi) is 81.2. The fourth-order valence-electron chi connectivity index (χ4n) is 0. The van der Waals surface area contributed by atoms with E-state index >= 15 is 0 Å². The molecule has 0 aromatic rings. The summed E-state index contributed by atoms with van der Waals surface area (Å²) >= 11 is 0. The maximum absolute atomic E-state index is 9.01. The molecule has 0 bridgehead atoms. The van der Waals surface area contributed by atoms with Gasteiger partial charge in [0.15, 0.2) is 0 Å². The molecule has 0 saturated heterocycles. The van der Waals surface area contributed by atoms with Gasteiger partial charge in [0.05, 0.1) is 75.3 Å². The number of carboxylic acids is 5. The van der Waals surface area contributed by atoms with Crippen LogP contribution in [0, 0.1) is 12.4 Å². The second kappa shape index (κ2) is 45.0. The summed E-state index contributed by atoms with van der Waals surface area (Å²) in [5.74, 6) is -7.20. The Hall–Kier alpha value is -1.03. The zero-order valence-electron chi connectivity index (χ0n) is 14.4. The van der Waals surface area contributed by atoms with Gasteiger partial charge in [-0.3, -0.25) is 0 Å². The van der Waals surface area contributed by atoms with Gasteiger partial charge in [-0.05, 0) is 0 Å². The maximum atomic E-state index is 9.01. The van der Waals surface area contributed by atoms with E-state index in [0.717, 1.165) is 0 Å². The van der Waals surface area contributed by atoms with Gasteiger partial charge in [-0.15, -0.1) is 0 Å². The first-order valence-electron chi connectivity index (χ1n) is 5.39. The quantitative estimate of drug-likeness (QED) is 0.237. The molecule has 0 radical (unpaired) electrons. The summed E-state index contributed by atoms with van der Waals surface area (Å²) in [6.07, 6.45) is 0. The van der Waals surface area contributed by atoms with Crippen LogP contribution in [0.1, 0.15) is 0 Å². The topological polar surface area (TPSA) is 302 Å². The number of aliphatic carboxylic acids is 5. The number of carbonyl (C=O) groups is 5. The molecule has 0 fully saturated rings. The third-order valence-electron chi connectivity index (χ3n) is 0.645. The Morgan fingerprint density at radius 2 is 0.500 bits per heavy atom. The van der Waals surface area contributed by atoms with Gasteiger partial charge >= 0.3 is 46.9 Å². The third kappa shape index (κ3) is 178. The monoisotopic (exact) mass is 462 g/mol. The Morgan fingerprint density at radius 3 is 0.500 bits per heavy atom. The molecule has 28 heavy (non-hydrogen) atoms. The van der Waals surface area contributed by atoms with Crippen molar-refractivity contribution in [1.29, 1.82) is 0 Å². The van der Waals surface area contributed by atoms with Crippen LogP contribution in [-0.2, 0) is 24.0 Å². The van der Waals surface area contributed by atoms with E-state index in [4.69, 9.17) is 75.0 Å². The van der Waals surface area contributed by atoms with Crippen molar-refractivity contribution in [1.82, 2.24) is 0 Å². The summed E-state index contributed by atoms with van der Waals surface area (Å²) in [5.41, 5.74) is 0. The summed E-state index contributed by atoms with van der Waals surface area (Å²) in [4.78, 5) is 45.0. The molecule has 18 heteroatoms. The number of aliphatic hydroxyl groups excluding tert-OH is 5. The van der Waals surface area contributed by atoms with Crippen molar-refractivity contribution in [2.24, 2.45) is 0 Å². The van der Waals surface area contributed by atoms with Crippen LogP contribution in [0.3, 0.4) is 0 Å². The molecule has 15 nitrogen and oxygen atoms in total. The summed E-state index contributed by atoms with van der Waals surface area (Å²) < 4.78 is 0. The van der Waals surface area contributed by atoms with Gasteiger partial charge in [0.2, 0.25) is 0 Å². The average molecular weight is 463 g/mol. The largest absolute Gasteiger partial charge is 3.00 e. The number of hydrogen-bond acceptors (Lipinski definition) is 15. The molecule has 0 rings (SSSR count). The van der Waals surface area contributed by atoms with E-state index in [0.29, 0.717) is 0 Å². The zero-order valence-corrected chi connectivity index (χ0v) is 18.4. The van der Waals surface area contributed by atoms with Crippen LogP contribution in [0.25, 0.3) is 0 Å². The minimum absolute atomic E-state index is 0. The number of aliphatic hydroxyl groups is 5. The van der Waals surface area contributed by atoms with E-state index in [1.54, 1.807) is 0 Å². The van der Waals surface area contributed by atoms with E-state index in [9.17, 15) is 0 Å². The van der Waals surface area contributed by atoms with Crippen LogP contribution in [0.2, 0.25) is 0 Å². The standard InChI is InChI=1S/5C2H4O3.Al.ClH2.Na/c5*3-1-2(4)5;;;/h5*3H,1H2,(H,4,5);;1H2;/q;;;;;+3;2*+1/p-5. The summed E-state index contributed by atoms with van der Waals surface area (Å²) in [7, 11) is 0. The van der Waals surface area contributed by atoms with Crippen molar-refractivity contribution < 1.29 is 117 Å². The zero-order chi connectivity index (χ0) is 21.4. The normalized spacial score (nSPS) is 6.61. The SMILES string of the molecule is O=C([O-])CO.O=C([O-])CO.O=C([O-])CO.O=C([O-])CO.O=C([O-])CO.[Al+3].[ClH2+].[Na+]. The molecule has 0 amide bonds. The van der Waals surface area contributed by atoms with Crippen LogP contribution in [0.5, 0.6) is 0 Å². The van der Waals surface area contributed by atoms with Crippen LogP contribution in [0.15, 0.2) is 0 Å². The Labute approximate surface area is 196 Å². The molecule has 0 aromatic heterocycles. The predicted molar refractivity (Wildman–Crippen MR) is 69.0 cm³/mol. The molecule has 0 spiro atoms. The van der Waals surface area contributed by atoms with Gasteiger partial charge in [0.25, 0.3) is 0 Å². The molecule has 158 valence electrons. The first kappa shape index (κ1) is 50.5. The van der Waals surface area contributed by atoms with Crippen LogP contribution in [0.4, 0.5) is 0 Å². The van der Waals surface area contributed by atoms with E-state index in [1.807, 2.05) is 0 Å². The smallest absolute Gasteiger partial charge is 0.548 e. The molecular weight excluding hydrogens is 446 g/mol. The third-order valence-corrected chi connectivity index (χ3v) is 0.645. The number of hydrogen-bond donors (Lipinski definition) is 5. The molecule has 0 aliphatic carbocycles. The molecule has 0 atom stereocenters. The number of carboxylic acid groups (broad SMARTS) is 5. The molecule has 0 saturated carbocycles. The van der Waals surface area contributed by atoms with E-state index in [1.165, 1.54) is 0 Å². The van der Waals surface area contributed by atoms with Crippen LogP contribution < -0.4 is 55.1 Å². The minimum Gasteiger partial charge on any atom is -0.548 e. The number of carbonyl (C=O) groups excluding carboxylic acids is 5. The summed E-state index contributed by atoms with van der Waals surface area (Å²) in [6.45, 7) is -4.44. The van der Waals surface area contributed by atoms with E-state index < -0.39 is 62.9 Å². The van der Waals surface area contributed by atoms with Crippen molar-refractivity contribution in [2.75, 3.05) is 33.0 Å². The van der Waals surface area contributed by atoms with Gasteiger partial charge in [-0.2, -0.15) is 0 Å². The fraction of sp³-hybridized carbons (Fsp3) is 0.500. The Balaban J connectivity index is -0.0000000290. The summed E-state index contributed by atoms with van der Waals surface area (Å²) in [5, 5.41) is 82.4. The van der Waals surface area contributed by atoms with Gasteiger partial charge in [0.1, 0.15) is 0 Å². The molecule has 0 aromatic carbocycles. The second-order valence-electron chi connectivity index (χ2n) is 2.65. The maximum Gasteiger partial charge on any atom is 3.00 e. The van der Waals surface area contributed by atoms with Gasteiger partial charge in [0, 0.05) is 0 Å². The van der Waals surface area contributed by atoms with Crippen LogP contribution in [-0.4, -0.2) is 106 Å². The van der Waals surface area contributed by atoms with E-state index in [-0.39, 0.29) is 59.3 Å². The Morgan fingerprint density at radius 1 is 0.464 bits per heavy atom. The van der Waals surface area contributed by atoms with Gasteiger partial charge < -0.3 is 75.0 Å². The molecule has 0 heterocycles. The summed E-state index contributed by atoms with van der Waals surface area (Å²) in [6, 6.07) is 0. The minimum atomic E-state index is -1.44. The van der Waals surface area contributed by atoms with Gasteiger partial charge in [-0.1, -0.05) is 0 Å².